The molecule has 1 fully saturated rings. The molecule has 0 amide bonds. The molecule has 1 aromatic rings. The Morgan fingerprint density at radius 2 is 2.20 bits per heavy atom. The van der Waals surface area contributed by atoms with Gasteiger partial charge in [0.2, 0.25) is 0 Å². The van der Waals surface area contributed by atoms with Crippen molar-refractivity contribution in [1.82, 2.24) is 0 Å². The molecule has 1 aliphatic heterocycles. The zero-order chi connectivity index (χ0) is 14.9. The summed E-state index contributed by atoms with van der Waals surface area (Å²) in [4.78, 5) is 26.5. The summed E-state index contributed by atoms with van der Waals surface area (Å²) in [5.74, 6) is 0.0775. The van der Waals surface area contributed by atoms with Crippen molar-refractivity contribution in [3.8, 4) is 0 Å². The lowest BCUT2D eigenvalue weighted by molar-refractivity contribution is 0.0603. The Balaban J connectivity index is 2.48. The number of nitrogen functional groups attached to an aromatic ring is 1. The van der Waals surface area contributed by atoms with Crippen LogP contribution in [0.25, 0.3) is 0 Å². The fraction of sp³-hybridized carbons (Fsp3) is 0.571. The summed E-state index contributed by atoms with van der Waals surface area (Å²) >= 11 is 1.31. The summed E-state index contributed by atoms with van der Waals surface area (Å²) < 4.78 is 4.82. The van der Waals surface area contributed by atoms with E-state index in [1.807, 2.05) is 0 Å². The highest BCUT2D eigenvalue weighted by molar-refractivity contribution is 7.19. The fourth-order valence-electron chi connectivity index (χ4n) is 2.44. The summed E-state index contributed by atoms with van der Waals surface area (Å²) in [5.41, 5.74) is 6.64. The second kappa shape index (κ2) is 5.83. The average molecular weight is 296 g/mol. The first-order chi connectivity index (χ1) is 9.49. The lowest BCUT2D eigenvalue weighted by Crippen LogP contribution is -2.20. The van der Waals surface area contributed by atoms with Gasteiger partial charge in [0.1, 0.15) is 10.6 Å². The van der Waals surface area contributed by atoms with Crippen LogP contribution in [0.3, 0.4) is 0 Å². The summed E-state index contributed by atoms with van der Waals surface area (Å²) in [6.45, 7) is 5.72. The van der Waals surface area contributed by atoms with Gasteiger partial charge >= 0.3 is 5.97 Å². The predicted octanol–water partition coefficient (Wildman–Crippen LogP) is 2.56. The molecule has 0 radical (unpaired) electrons. The molecule has 1 aliphatic rings. The Morgan fingerprint density at radius 3 is 2.70 bits per heavy atom. The maximum atomic E-state index is 12.0. The van der Waals surface area contributed by atoms with Crippen LogP contribution in [0.2, 0.25) is 0 Å². The van der Waals surface area contributed by atoms with Crippen molar-refractivity contribution in [2.45, 2.75) is 26.7 Å². The van der Waals surface area contributed by atoms with E-state index in [0.29, 0.717) is 22.8 Å². The lowest BCUT2D eigenvalue weighted by atomic mass is 10.1. The molecule has 5 nitrogen and oxygen atoms in total. The van der Waals surface area contributed by atoms with E-state index >= 15 is 0 Å². The minimum absolute atomic E-state index is 0.0313. The Hall–Kier alpha value is -1.56. The van der Waals surface area contributed by atoms with Crippen molar-refractivity contribution < 1.29 is 14.3 Å². The van der Waals surface area contributed by atoms with Crippen LogP contribution < -0.4 is 10.6 Å². The van der Waals surface area contributed by atoms with E-state index in [4.69, 9.17) is 10.5 Å². The monoisotopic (exact) mass is 296 g/mol. The van der Waals surface area contributed by atoms with E-state index in [0.717, 1.165) is 24.5 Å². The Kier molecular flexibility index (Phi) is 4.32. The number of ketones is 1. The van der Waals surface area contributed by atoms with Gasteiger partial charge in [-0.05, 0) is 12.3 Å². The number of methoxy groups -OCH3 is 1. The number of ether oxygens (including phenoxy) is 1. The third kappa shape index (κ3) is 2.52. The second-order valence-corrected chi connectivity index (χ2v) is 6.13. The Labute approximate surface area is 122 Å². The number of hydrogen-bond acceptors (Lipinski definition) is 6. The van der Waals surface area contributed by atoms with Crippen molar-refractivity contribution in [2.75, 3.05) is 30.8 Å². The van der Waals surface area contributed by atoms with Gasteiger partial charge in [0.25, 0.3) is 0 Å². The number of nitrogens with zero attached hydrogens (tertiary/aromatic N) is 1. The minimum Gasteiger partial charge on any atom is -0.465 e. The molecular weight excluding hydrogens is 276 g/mol. The van der Waals surface area contributed by atoms with E-state index in [-0.39, 0.29) is 11.5 Å². The van der Waals surface area contributed by atoms with Gasteiger partial charge in [-0.3, -0.25) is 4.79 Å². The molecule has 1 aromatic heterocycles. The van der Waals surface area contributed by atoms with E-state index in [9.17, 15) is 9.59 Å². The first-order valence-corrected chi connectivity index (χ1v) is 7.59. The number of esters is 1. The zero-order valence-corrected chi connectivity index (χ0v) is 12.9. The van der Waals surface area contributed by atoms with Gasteiger partial charge < -0.3 is 15.4 Å². The molecular formula is C14H20N2O3S. The second-order valence-electron chi connectivity index (χ2n) is 5.13. The first kappa shape index (κ1) is 14.8. The smallest absolute Gasteiger partial charge is 0.343 e. The number of thiophene rings is 1. The maximum absolute atomic E-state index is 12.0. The number of carbonyl (C=O) groups is 2. The number of hydrogen-bond donors (Lipinski definition) is 1. The van der Waals surface area contributed by atoms with Crippen LogP contribution in [-0.2, 0) is 4.74 Å². The first-order valence-electron chi connectivity index (χ1n) is 6.78. The van der Waals surface area contributed by atoms with Crippen LogP contribution in [0.5, 0.6) is 0 Å². The molecule has 0 aromatic carbocycles. The number of carbonyl (C=O) groups excluding carboxylic acids is 2. The molecule has 0 bridgehead atoms. The Bertz CT molecular complexity index is 539. The molecule has 110 valence electrons. The summed E-state index contributed by atoms with van der Waals surface area (Å²) in [6.07, 6.45) is 1.46. The van der Waals surface area contributed by atoms with Crippen LogP contribution in [0.1, 0.15) is 46.7 Å². The molecule has 1 saturated heterocycles. The van der Waals surface area contributed by atoms with E-state index < -0.39 is 5.97 Å². The third-order valence-electron chi connectivity index (χ3n) is 3.60. The van der Waals surface area contributed by atoms with Crippen molar-refractivity contribution in [2.24, 2.45) is 5.92 Å². The molecule has 1 unspecified atom stereocenters. The van der Waals surface area contributed by atoms with Crippen molar-refractivity contribution >= 4 is 33.8 Å². The molecule has 20 heavy (non-hydrogen) atoms. The van der Waals surface area contributed by atoms with E-state index in [2.05, 4.69) is 11.8 Å². The summed E-state index contributed by atoms with van der Waals surface area (Å²) in [5, 5.41) is 0.774. The van der Waals surface area contributed by atoms with Crippen LogP contribution in [0, 0.1) is 5.92 Å². The molecule has 0 saturated carbocycles. The molecule has 1 atom stereocenters. The van der Waals surface area contributed by atoms with Crippen molar-refractivity contribution in [3.63, 3.8) is 0 Å². The van der Waals surface area contributed by atoms with E-state index in [1.54, 1.807) is 6.92 Å². The molecule has 2 heterocycles. The molecule has 0 aliphatic carbocycles. The Morgan fingerprint density at radius 1 is 1.50 bits per heavy atom. The quantitative estimate of drug-likeness (QED) is 0.683. The normalized spacial score (nSPS) is 18.4. The topological polar surface area (TPSA) is 72.6 Å². The highest BCUT2D eigenvalue weighted by Gasteiger charge is 2.31. The van der Waals surface area contributed by atoms with Gasteiger partial charge in [-0.15, -0.1) is 11.3 Å². The van der Waals surface area contributed by atoms with E-state index in [1.165, 1.54) is 18.4 Å². The van der Waals surface area contributed by atoms with Crippen molar-refractivity contribution in [1.29, 1.82) is 0 Å². The molecule has 2 N–H and O–H groups in total. The molecule has 6 heteroatoms. The summed E-state index contributed by atoms with van der Waals surface area (Å²) in [7, 11) is 1.33. The van der Waals surface area contributed by atoms with Crippen LogP contribution in [0.15, 0.2) is 0 Å². The fourth-order valence-corrected chi connectivity index (χ4v) is 3.69. The van der Waals surface area contributed by atoms with Gasteiger partial charge in [0, 0.05) is 19.5 Å². The van der Waals surface area contributed by atoms with Gasteiger partial charge in [-0.2, -0.15) is 0 Å². The SMILES string of the molecule is CCC(=O)c1sc(N2CCC(C)C2)c(C(=O)OC)c1N. The van der Waals surface area contributed by atoms with Crippen LogP contribution in [0.4, 0.5) is 10.7 Å². The third-order valence-corrected chi connectivity index (χ3v) is 4.91. The average Bonchev–Trinajstić information content (AvgIpc) is 3.01. The van der Waals surface area contributed by atoms with Crippen molar-refractivity contribution in [3.05, 3.63) is 10.4 Å². The number of Topliss-reactive ketones (excluding diaryl/α,β-unsaturated/α-hetero) is 1. The number of nitrogens with two attached hydrogens (primary N) is 1. The number of rotatable bonds is 4. The lowest BCUT2D eigenvalue weighted by Gasteiger charge is -2.17. The van der Waals surface area contributed by atoms with Gasteiger partial charge in [-0.25, -0.2) is 4.79 Å². The van der Waals surface area contributed by atoms with Gasteiger partial charge in [0.15, 0.2) is 5.78 Å². The molecule has 2 rings (SSSR count). The van der Waals surface area contributed by atoms with Gasteiger partial charge in [-0.1, -0.05) is 13.8 Å². The van der Waals surface area contributed by atoms with Crippen LogP contribution in [-0.4, -0.2) is 32.0 Å². The standard InChI is InChI=1S/C14H20N2O3S/c1-4-9(17)12-11(15)10(14(18)19-3)13(20-12)16-6-5-8(2)7-16/h8H,4-7,15H2,1-3H3. The van der Waals surface area contributed by atoms with Crippen LogP contribution >= 0.6 is 11.3 Å². The predicted molar refractivity (Wildman–Crippen MR) is 80.7 cm³/mol. The highest BCUT2D eigenvalue weighted by atomic mass is 32.1. The zero-order valence-electron chi connectivity index (χ0n) is 12.1. The summed E-state index contributed by atoms with van der Waals surface area (Å²) in [6, 6.07) is 0. The highest BCUT2D eigenvalue weighted by Crippen LogP contribution is 2.41. The van der Waals surface area contributed by atoms with Gasteiger partial charge in [0.05, 0.1) is 17.7 Å². The molecule has 0 spiro atoms. The minimum atomic E-state index is -0.469. The maximum Gasteiger partial charge on any atom is 0.343 e. The number of anilines is 2. The largest absolute Gasteiger partial charge is 0.465 e.